The zero-order valence-electron chi connectivity index (χ0n) is 14.8. The maximum absolute atomic E-state index is 12.6. The second-order valence-corrected chi connectivity index (χ2v) is 8.86. The highest BCUT2D eigenvalue weighted by atomic mass is 32.2. The smallest absolute Gasteiger partial charge is 0.243 e. The third-order valence-corrected chi connectivity index (χ3v) is 7.11. The molecule has 1 atom stereocenters. The molecule has 1 amide bonds. The Bertz CT molecular complexity index is 685. The Hall–Kier alpha value is -1.44. The van der Waals surface area contributed by atoms with Gasteiger partial charge in [0.15, 0.2) is 0 Å². The summed E-state index contributed by atoms with van der Waals surface area (Å²) in [7, 11) is -3.43. The van der Waals surface area contributed by atoms with Crippen LogP contribution in [0.1, 0.15) is 26.2 Å². The monoisotopic (exact) mass is 365 g/mol. The molecule has 2 fully saturated rings. The molecule has 0 saturated carbocycles. The summed E-state index contributed by atoms with van der Waals surface area (Å²) in [5.74, 6) is 0.173. The van der Waals surface area contributed by atoms with Crippen molar-refractivity contribution in [2.75, 3.05) is 39.3 Å². The molecule has 1 aromatic carbocycles. The molecule has 0 N–H and O–H groups in total. The maximum atomic E-state index is 12.6. The fraction of sp³-hybridized carbons (Fsp3) is 0.611. The number of hydrogen-bond acceptors (Lipinski definition) is 4. The highest BCUT2D eigenvalue weighted by molar-refractivity contribution is 7.89. The Kier molecular flexibility index (Phi) is 5.76. The van der Waals surface area contributed by atoms with E-state index in [2.05, 4.69) is 11.8 Å². The number of amides is 1. The summed E-state index contributed by atoms with van der Waals surface area (Å²) in [6.07, 6.45) is 3.36. The number of carbonyl (C=O) groups is 1. The molecule has 0 bridgehead atoms. The maximum Gasteiger partial charge on any atom is 0.243 e. The Morgan fingerprint density at radius 3 is 2.36 bits per heavy atom. The van der Waals surface area contributed by atoms with Gasteiger partial charge in [-0.3, -0.25) is 9.69 Å². The molecule has 1 aromatic rings. The third-order valence-electron chi connectivity index (χ3n) is 5.19. The van der Waals surface area contributed by atoms with E-state index >= 15 is 0 Å². The van der Waals surface area contributed by atoms with Crippen molar-refractivity contribution >= 4 is 15.9 Å². The van der Waals surface area contributed by atoms with Gasteiger partial charge in [-0.2, -0.15) is 4.31 Å². The van der Waals surface area contributed by atoms with Gasteiger partial charge in [0.25, 0.3) is 0 Å². The van der Waals surface area contributed by atoms with Crippen LogP contribution in [0.3, 0.4) is 0 Å². The molecule has 0 spiro atoms. The predicted octanol–water partition coefficient (Wildman–Crippen LogP) is 1.39. The van der Waals surface area contributed by atoms with Crippen molar-refractivity contribution in [3.8, 4) is 0 Å². The fourth-order valence-corrected chi connectivity index (χ4v) is 5.06. The molecule has 7 heteroatoms. The van der Waals surface area contributed by atoms with E-state index in [1.807, 2.05) is 11.0 Å². The minimum atomic E-state index is -3.43. The second kappa shape index (κ2) is 7.85. The van der Waals surface area contributed by atoms with E-state index in [0.29, 0.717) is 43.7 Å². The van der Waals surface area contributed by atoms with Crippen LogP contribution in [0.5, 0.6) is 0 Å². The lowest BCUT2D eigenvalue weighted by molar-refractivity contribution is -0.135. The van der Waals surface area contributed by atoms with Gasteiger partial charge in [-0.1, -0.05) is 18.2 Å². The van der Waals surface area contributed by atoms with Crippen LogP contribution in [-0.4, -0.2) is 73.7 Å². The third kappa shape index (κ3) is 4.22. The van der Waals surface area contributed by atoms with Gasteiger partial charge in [-0.05, 0) is 38.3 Å². The molecule has 2 heterocycles. The summed E-state index contributed by atoms with van der Waals surface area (Å²) < 4.78 is 26.8. The van der Waals surface area contributed by atoms with Gasteiger partial charge >= 0.3 is 0 Å². The Morgan fingerprint density at radius 2 is 1.72 bits per heavy atom. The molecular formula is C18H27N3O3S. The van der Waals surface area contributed by atoms with Crippen molar-refractivity contribution in [2.24, 2.45) is 0 Å². The number of nitrogens with zero attached hydrogens (tertiary/aromatic N) is 3. The van der Waals surface area contributed by atoms with Crippen molar-refractivity contribution in [3.63, 3.8) is 0 Å². The molecule has 2 aliphatic heterocycles. The SMILES string of the molecule is CC1CCCCN1C(=O)CN1CCN(S(=O)(=O)c2ccccc2)CC1. The van der Waals surface area contributed by atoms with Crippen molar-refractivity contribution < 1.29 is 13.2 Å². The van der Waals surface area contributed by atoms with Crippen LogP contribution in [0, 0.1) is 0 Å². The standard InChI is InChI=1S/C18H27N3O3S/c1-16-7-5-6-10-21(16)18(22)15-19-11-13-20(14-12-19)25(23,24)17-8-3-2-4-9-17/h2-4,8-9,16H,5-7,10-15H2,1H3. The average Bonchev–Trinajstić information content (AvgIpc) is 2.63. The van der Waals surface area contributed by atoms with Gasteiger partial charge in [0.05, 0.1) is 11.4 Å². The van der Waals surface area contributed by atoms with Crippen LogP contribution in [0.2, 0.25) is 0 Å². The van der Waals surface area contributed by atoms with Gasteiger partial charge in [0.1, 0.15) is 0 Å². The van der Waals surface area contributed by atoms with E-state index in [4.69, 9.17) is 0 Å². The van der Waals surface area contributed by atoms with Crippen LogP contribution >= 0.6 is 0 Å². The molecule has 138 valence electrons. The topological polar surface area (TPSA) is 60.9 Å². The summed E-state index contributed by atoms with van der Waals surface area (Å²) in [5.41, 5.74) is 0. The Balaban J connectivity index is 1.54. The van der Waals surface area contributed by atoms with Gasteiger partial charge in [-0.25, -0.2) is 8.42 Å². The number of hydrogen-bond donors (Lipinski definition) is 0. The second-order valence-electron chi connectivity index (χ2n) is 6.93. The minimum absolute atomic E-state index is 0.173. The van der Waals surface area contributed by atoms with Crippen LogP contribution in [0.15, 0.2) is 35.2 Å². The van der Waals surface area contributed by atoms with Crippen molar-refractivity contribution in [3.05, 3.63) is 30.3 Å². The summed E-state index contributed by atoms with van der Waals surface area (Å²) >= 11 is 0. The molecule has 3 rings (SSSR count). The molecule has 0 radical (unpaired) electrons. The van der Waals surface area contributed by atoms with Crippen molar-refractivity contribution in [1.82, 2.24) is 14.1 Å². The first-order valence-corrected chi connectivity index (χ1v) is 10.5. The predicted molar refractivity (Wildman–Crippen MR) is 96.7 cm³/mol. The highest BCUT2D eigenvalue weighted by Crippen LogP contribution is 2.19. The molecule has 0 aromatic heterocycles. The first kappa shape index (κ1) is 18.4. The largest absolute Gasteiger partial charge is 0.339 e. The molecule has 25 heavy (non-hydrogen) atoms. The van der Waals surface area contributed by atoms with E-state index in [1.165, 1.54) is 10.7 Å². The summed E-state index contributed by atoms with van der Waals surface area (Å²) in [6, 6.07) is 8.86. The van der Waals surface area contributed by atoms with Gasteiger partial charge in [-0.15, -0.1) is 0 Å². The highest BCUT2D eigenvalue weighted by Gasteiger charge is 2.30. The molecule has 1 unspecified atom stereocenters. The van der Waals surface area contributed by atoms with Crippen LogP contribution in [0.4, 0.5) is 0 Å². The van der Waals surface area contributed by atoms with Gasteiger partial charge < -0.3 is 4.90 Å². The molecular weight excluding hydrogens is 338 g/mol. The normalized spacial score (nSPS) is 23.6. The molecule has 2 saturated heterocycles. The number of likely N-dealkylation sites (tertiary alicyclic amines) is 1. The van der Waals surface area contributed by atoms with Crippen LogP contribution in [-0.2, 0) is 14.8 Å². The van der Waals surface area contributed by atoms with E-state index in [0.717, 1.165) is 19.4 Å². The quantitative estimate of drug-likeness (QED) is 0.809. The first-order chi connectivity index (χ1) is 12.0. The molecule has 2 aliphatic rings. The van der Waals surface area contributed by atoms with Gasteiger partial charge in [0.2, 0.25) is 15.9 Å². The molecule has 6 nitrogen and oxygen atoms in total. The van der Waals surface area contributed by atoms with Crippen LogP contribution in [0.25, 0.3) is 0 Å². The number of rotatable bonds is 4. The lowest BCUT2D eigenvalue weighted by Gasteiger charge is -2.37. The van der Waals surface area contributed by atoms with E-state index < -0.39 is 10.0 Å². The number of carbonyl (C=O) groups excluding carboxylic acids is 1. The Labute approximate surface area is 150 Å². The summed E-state index contributed by atoms with van der Waals surface area (Å²) in [5, 5.41) is 0. The number of piperazine rings is 1. The number of piperidine rings is 1. The van der Waals surface area contributed by atoms with E-state index in [1.54, 1.807) is 24.3 Å². The first-order valence-electron chi connectivity index (χ1n) is 9.05. The minimum Gasteiger partial charge on any atom is -0.339 e. The van der Waals surface area contributed by atoms with E-state index in [-0.39, 0.29) is 5.91 Å². The Morgan fingerprint density at radius 1 is 1.04 bits per heavy atom. The number of benzene rings is 1. The van der Waals surface area contributed by atoms with Crippen molar-refractivity contribution in [1.29, 1.82) is 0 Å². The van der Waals surface area contributed by atoms with Crippen LogP contribution < -0.4 is 0 Å². The van der Waals surface area contributed by atoms with Gasteiger partial charge in [0, 0.05) is 38.8 Å². The zero-order valence-corrected chi connectivity index (χ0v) is 15.6. The lowest BCUT2D eigenvalue weighted by atomic mass is 10.0. The summed E-state index contributed by atoms with van der Waals surface area (Å²) in [4.78, 5) is 16.9. The summed E-state index contributed by atoms with van der Waals surface area (Å²) in [6.45, 7) is 5.41. The van der Waals surface area contributed by atoms with E-state index in [9.17, 15) is 13.2 Å². The zero-order chi connectivity index (χ0) is 17.9. The molecule has 0 aliphatic carbocycles. The fourth-order valence-electron chi connectivity index (χ4n) is 3.62. The average molecular weight is 365 g/mol. The van der Waals surface area contributed by atoms with Crippen molar-refractivity contribution in [2.45, 2.75) is 37.1 Å². The lowest BCUT2D eigenvalue weighted by Crippen LogP contribution is -2.53. The number of sulfonamides is 1.